The van der Waals surface area contributed by atoms with E-state index >= 15 is 0 Å². The van der Waals surface area contributed by atoms with E-state index in [0.29, 0.717) is 0 Å². The van der Waals surface area contributed by atoms with Crippen LogP contribution in [0, 0.1) is 11.8 Å². The molecule has 1 fully saturated rings. The van der Waals surface area contributed by atoms with Crippen LogP contribution in [-0.4, -0.2) is 21.5 Å². The second-order valence-electron chi connectivity index (χ2n) is 4.76. The summed E-state index contributed by atoms with van der Waals surface area (Å²) in [6.45, 7) is 4.37. The lowest BCUT2D eigenvalue weighted by atomic mass is 10.1. The van der Waals surface area contributed by atoms with Gasteiger partial charge in [0.2, 0.25) is 0 Å². The van der Waals surface area contributed by atoms with Crippen molar-refractivity contribution in [2.24, 2.45) is 18.9 Å². The van der Waals surface area contributed by atoms with Crippen molar-refractivity contribution in [3.63, 3.8) is 0 Å². The first-order chi connectivity index (χ1) is 7.25. The highest BCUT2D eigenvalue weighted by Gasteiger charge is 2.20. The summed E-state index contributed by atoms with van der Waals surface area (Å²) in [6, 6.07) is 0. The molecule has 0 radical (unpaired) electrons. The summed E-state index contributed by atoms with van der Waals surface area (Å²) in [5.74, 6) is 1.80. The molecule has 0 saturated heterocycles. The minimum Gasteiger partial charge on any atom is -0.311 e. The van der Waals surface area contributed by atoms with Gasteiger partial charge in [0, 0.05) is 13.6 Å². The van der Waals surface area contributed by atoms with Crippen molar-refractivity contribution in [2.45, 2.75) is 32.7 Å². The molecule has 0 amide bonds. The Kier molecular flexibility index (Phi) is 3.36. The van der Waals surface area contributed by atoms with Crippen LogP contribution in [0.15, 0.2) is 6.20 Å². The molecule has 1 aliphatic carbocycles. The molecule has 15 heavy (non-hydrogen) atoms. The van der Waals surface area contributed by atoms with Crippen LogP contribution in [0.1, 0.15) is 31.9 Å². The van der Waals surface area contributed by atoms with E-state index in [1.165, 1.54) is 19.3 Å². The Morgan fingerprint density at radius 2 is 2.40 bits per heavy atom. The molecule has 0 bridgehead atoms. The van der Waals surface area contributed by atoms with Crippen molar-refractivity contribution in [3.05, 3.63) is 11.9 Å². The topological polar surface area (TPSA) is 42.7 Å². The average molecular weight is 208 g/mol. The molecule has 1 N–H and O–H groups in total. The monoisotopic (exact) mass is 208 g/mol. The van der Waals surface area contributed by atoms with E-state index in [-0.39, 0.29) is 0 Å². The van der Waals surface area contributed by atoms with Crippen LogP contribution >= 0.6 is 0 Å². The SMILES string of the molecule is CC1CCC(CNCc2cnnn2C)C1. The number of hydrogen-bond acceptors (Lipinski definition) is 3. The molecular formula is C11H20N4. The van der Waals surface area contributed by atoms with E-state index in [0.717, 1.165) is 30.6 Å². The number of aryl methyl sites for hydroxylation is 1. The normalized spacial score (nSPS) is 26.0. The summed E-state index contributed by atoms with van der Waals surface area (Å²) in [7, 11) is 1.93. The average Bonchev–Trinajstić information content (AvgIpc) is 2.77. The molecule has 4 nitrogen and oxygen atoms in total. The number of aromatic nitrogens is 3. The van der Waals surface area contributed by atoms with Gasteiger partial charge in [-0.25, -0.2) is 0 Å². The molecule has 1 aromatic heterocycles. The first-order valence-electron chi connectivity index (χ1n) is 5.80. The number of rotatable bonds is 4. The fraction of sp³-hybridized carbons (Fsp3) is 0.818. The van der Waals surface area contributed by atoms with Gasteiger partial charge in [0.05, 0.1) is 11.9 Å². The van der Waals surface area contributed by atoms with E-state index in [1.807, 2.05) is 17.9 Å². The molecule has 84 valence electrons. The summed E-state index contributed by atoms with van der Waals surface area (Å²) in [5, 5.41) is 11.3. The summed E-state index contributed by atoms with van der Waals surface area (Å²) >= 11 is 0. The Morgan fingerprint density at radius 1 is 1.53 bits per heavy atom. The van der Waals surface area contributed by atoms with Crippen molar-refractivity contribution in [1.82, 2.24) is 20.3 Å². The third-order valence-corrected chi connectivity index (χ3v) is 3.35. The maximum absolute atomic E-state index is 3.91. The molecule has 0 spiro atoms. The molecule has 0 aromatic carbocycles. The second kappa shape index (κ2) is 4.75. The number of nitrogens with one attached hydrogen (secondary N) is 1. The van der Waals surface area contributed by atoms with Crippen LogP contribution in [-0.2, 0) is 13.6 Å². The van der Waals surface area contributed by atoms with Crippen LogP contribution in [0.3, 0.4) is 0 Å². The van der Waals surface area contributed by atoms with Gasteiger partial charge in [0.25, 0.3) is 0 Å². The van der Waals surface area contributed by atoms with Gasteiger partial charge in [-0.05, 0) is 31.2 Å². The lowest BCUT2D eigenvalue weighted by Gasteiger charge is -2.10. The van der Waals surface area contributed by atoms with E-state index in [9.17, 15) is 0 Å². The fourth-order valence-electron chi connectivity index (χ4n) is 2.39. The zero-order chi connectivity index (χ0) is 10.7. The molecule has 2 atom stereocenters. The standard InChI is InChI=1S/C11H20N4/c1-9-3-4-10(5-9)6-12-7-11-8-13-14-15(11)2/h8-10,12H,3-7H2,1-2H3. The van der Waals surface area contributed by atoms with Gasteiger partial charge in [0.15, 0.2) is 0 Å². The smallest absolute Gasteiger partial charge is 0.0738 e. The molecule has 0 aliphatic heterocycles. The van der Waals surface area contributed by atoms with E-state index in [4.69, 9.17) is 0 Å². The lowest BCUT2D eigenvalue weighted by molar-refractivity contribution is 0.464. The molecule has 4 heteroatoms. The van der Waals surface area contributed by atoms with E-state index < -0.39 is 0 Å². The summed E-state index contributed by atoms with van der Waals surface area (Å²) < 4.78 is 1.82. The maximum Gasteiger partial charge on any atom is 0.0738 e. The van der Waals surface area contributed by atoms with Gasteiger partial charge in [-0.3, -0.25) is 4.68 Å². The highest BCUT2D eigenvalue weighted by atomic mass is 15.4. The van der Waals surface area contributed by atoms with Crippen molar-refractivity contribution < 1.29 is 0 Å². The highest BCUT2D eigenvalue weighted by Crippen LogP contribution is 2.29. The van der Waals surface area contributed by atoms with Crippen LogP contribution < -0.4 is 5.32 Å². The predicted molar refractivity (Wildman–Crippen MR) is 59.2 cm³/mol. The summed E-state index contributed by atoms with van der Waals surface area (Å²) in [5.41, 5.74) is 1.15. The van der Waals surface area contributed by atoms with Crippen LogP contribution in [0.2, 0.25) is 0 Å². The minimum atomic E-state index is 0.876. The largest absolute Gasteiger partial charge is 0.311 e. The highest BCUT2D eigenvalue weighted by molar-refractivity contribution is 4.92. The Bertz CT molecular complexity index is 307. The summed E-state index contributed by atoms with van der Waals surface area (Å²) in [4.78, 5) is 0. The van der Waals surface area contributed by atoms with Crippen molar-refractivity contribution in [2.75, 3.05) is 6.54 Å². The van der Waals surface area contributed by atoms with Crippen molar-refractivity contribution in [1.29, 1.82) is 0 Å². The van der Waals surface area contributed by atoms with Crippen LogP contribution in [0.4, 0.5) is 0 Å². The van der Waals surface area contributed by atoms with Gasteiger partial charge < -0.3 is 5.32 Å². The molecule has 1 saturated carbocycles. The summed E-state index contributed by atoms with van der Waals surface area (Å²) in [6.07, 6.45) is 6.00. The van der Waals surface area contributed by atoms with Gasteiger partial charge in [0.1, 0.15) is 0 Å². The second-order valence-corrected chi connectivity index (χ2v) is 4.76. The maximum atomic E-state index is 3.91. The molecular weight excluding hydrogens is 188 g/mol. The Balaban J connectivity index is 1.69. The van der Waals surface area contributed by atoms with Crippen LogP contribution in [0.25, 0.3) is 0 Å². The Labute approximate surface area is 91.1 Å². The first-order valence-corrected chi connectivity index (χ1v) is 5.80. The van der Waals surface area contributed by atoms with Gasteiger partial charge in [-0.15, -0.1) is 5.10 Å². The predicted octanol–water partition coefficient (Wildman–Crippen LogP) is 1.34. The Hall–Kier alpha value is -0.900. The van der Waals surface area contributed by atoms with Gasteiger partial charge in [-0.1, -0.05) is 18.6 Å². The zero-order valence-electron chi connectivity index (χ0n) is 9.61. The molecule has 1 aromatic rings. The zero-order valence-corrected chi connectivity index (χ0v) is 9.61. The van der Waals surface area contributed by atoms with Gasteiger partial charge >= 0.3 is 0 Å². The molecule has 1 aliphatic rings. The molecule has 2 rings (SSSR count). The lowest BCUT2D eigenvalue weighted by Crippen LogP contribution is -2.22. The van der Waals surface area contributed by atoms with Crippen molar-refractivity contribution in [3.8, 4) is 0 Å². The fourth-order valence-corrected chi connectivity index (χ4v) is 2.39. The number of nitrogens with zero attached hydrogens (tertiary/aromatic N) is 3. The van der Waals surface area contributed by atoms with Crippen LogP contribution in [0.5, 0.6) is 0 Å². The Morgan fingerprint density at radius 3 is 3.00 bits per heavy atom. The molecule has 1 heterocycles. The van der Waals surface area contributed by atoms with E-state index in [2.05, 4.69) is 22.6 Å². The van der Waals surface area contributed by atoms with Gasteiger partial charge in [-0.2, -0.15) is 0 Å². The third kappa shape index (κ3) is 2.78. The quantitative estimate of drug-likeness (QED) is 0.812. The minimum absolute atomic E-state index is 0.876. The molecule has 2 unspecified atom stereocenters. The third-order valence-electron chi connectivity index (χ3n) is 3.35. The first kappa shape index (κ1) is 10.6. The van der Waals surface area contributed by atoms with E-state index in [1.54, 1.807) is 0 Å². The number of hydrogen-bond donors (Lipinski definition) is 1. The van der Waals surface area contributed by atoms with Crippen molar-refractivity contribution >= 4 is 0 Å².